The van der Waals surface area contributed by atoms with E-state index in [1.807, 2.05) is 18.6 Å². The number of ether oxygens (including phenoxy) is 1. The van der Waals surface area contributed by atoms with Crippen LogP contribution in [0.2, 0.25) is 5.02 Å². The van der Waals surface area contributed by atoms with Crippen LogP contribution in [0.3, 0.4) is 0 Å². The van der Waals surface area contributed by atoms with E-state index in [4.69, 9.17) is 16.3 Å². The SMILES string of the molecule is Cc1cc(OCCCC(=O)NS(=O)(=O)c2ccccc2[N+](=O)[O-])cc(C)c1Cl. The Morgan fingerprint density at radius 1 is 1.21 bits per heavy atom. The number of nitrogens with one attached hydrogen (secondary N) is 1. The number of amides is 1. The lowest BCUT2D eigenvalue weighted by Crippen LogP contribution is -2.31. The smallest absolute Gasteiger partial charge is 0.289 e. The molecule has 1 N–H and O–H groups in total. The zero-order valence-corrected chi connectivity index (χ0v) is 16.8. The highest BCUT2D eigenvalue weighted by molar-refractivity contribution is 7.90. The van der Waals surface area contributed by atoms with Crippen molar-refractivity contribution in [2.24, 2.45) is 0 Å². The highest BCUT2D eigenvalue weighted by Crippen LogP contribution is 2.26. The lowest BCUT2D eigenvalue weighted by atomic mass is 10.1. The summed E-state index contributed by atoms with van der Waals surface area (Å²) in [5, 5.41) is 11.6. The molecule has 0 spiro atoms. The largest absolute Gasteiger partial charge is 0.494 e. The van der Waals surface area contributed by atoms with Crippen LogP contribution in [0, 0.1) is 24.0 Å². The summed E-state index contributed by atoms with van der Waals surface area (Å²) in [5.74, 6) is -0.169. The molecule has 1 amide bonds. The lowest BCUT2D eigenvalue weighted by molar-refractivity contribution is -0.387. The molecule has 0 aliphatic heterocycles. The van der Waals surface area contributed by atoms with Crippen molar-refractivity contribution in [1.29, 1.82) is 0 Å². The number of nitrogens with zero attached hydrogens (tertiary/aromatic N) is 1. The molecule has 0 fully saturated rings. The van der Waals surface area contributed by atoms with Gasteiger partial charge in [0.2, 0.25) is 5.91 Å². The van der Waals surface area contributed by atoms with Crippen LogP contribution in [0.1, 0.15) is 24.0 Å². The molecule has 0 saturated carbocycles. The van der Waals surface area contributed by atoms with Gasteiger partial charge in [0.25, 0.3) is 15.7 Å². The van der Waals surface area contributed by atoms with Crippen molar-refractivity contribution in [1.82, 2.24) is 4.72 Å². The third kappa shape index (κ3) is 5.43. The molecule has 0 unspecified atom stereocenters. The summed E-state index contributed by atoms with van der Waals surface area (Å²) in [6, 6.07) is 8.36. The standard InChI is InChI=1S/C18H19ClN2O6S/c1-12-10-14(11-13(2)18(12)19)27-9-5-8-17(22)20-28(25,26)16-7-4-3-6-15(16)21(23)24/h3-4,6-7,10-11H,5,8-9H2,1-2H3,(H,20,22). The molecule has 0 aliphatic carbocycles. The summed E-state index contributed by atoms with van der Waals surface area (Å²) >= 11 is 6.09. The van der Waals surface area contributed by atoms with E-state index < -0.39 is 31.4 Å². The van der Waals surface area contributed by atoms with Crippen LogP contribution in [0.15, 0.2) is 41.3 Å². The van der Waals surface area contributed by atoms with Gasteiger partial charge in [0.15, 0.2) is 4.90 Å². The second-order valence-corrected chi connectivity index (χ2v) is 8.11. The third-order valence-corrected chi connectivity index (χ3v) is 5.84. The third-order valence-electron chi connectivity index (χ3n) is 3.83. The first kappa shape index (κ1) is 21.6. The normalized spacial score (nSPS) is 11.1. The molecule has 0 bridgehead atoms. The predicted molar refractivity (Wildman–Crippen MR) is 104 cm³/mol. The van der Waals surface area contributed by atoms with Crippen LogP contribution in [-0.4, -0.2) is 25.9 Å². The summed E-state index contributed by atoms with van der Waals surface area (Å²) in [4.78, 5) is 21.5. The average Bonchev–Trinajstić information content (AvgIpc) is 2.62. The molecule has 0 radical (unpaired) electrons. The predicted octanol–water partition coefficient (Wildman–Crippen LogP) is 3.53. The van der Waals surface area contributed by atoms with Gasteiger partial charge in [0, 0.05) is 17.5 Å². The minimum absolute atomic E-state index is 0.120. The maximum atomic E-state index is 12.2. The van der Waals surface area contributed by atoms with Gasteiger partial charge in [-0.15, -0.1) is 0 Å². The quantitative estimate of drug-likeness (QED) is 0.392. The summed E-state index contributed by atoms with van der Waals surface area (Å²) < 4.78 is 31.9. The summed E-state index contributed by atoms with van der Waals surface area (Å²) in [7, 11) is -4.34. The maximum Gasteiger partial charge on any atom is 0.289 e. The van der Waals surface area contributed by atoms with E-state index in [-0.39, 0.29) is 19.4 Å². The van der Waals surface area contributed by atoms with Crippen molar-refractivity contribution in [3.8, 4) is 5.75 Å². The first-order valence-corrected chi connectivity index (χ1v) is 10.2. The number of aryl methyl sites for hydroxylation is 2. The number of halogens is 1. The van der Waals surface area contributed by atoms with Crippen LogP contribution < -0.4 is 9.46 Å². The van der Waals surface area contributed by atoms with Gasteiger partial charge in [-0.3, -0.25) is 14.9 Å². The average molecular weight is 427 g/mol. The van der Waals surface area contributed by atoms with Crippen molar-refractivity contribution in [3.05, 3.63) is 62.7 Å². The molecule has 8 nitrogen and oxygen atoms in total. The second kappa shape index (κ2) is 9.03. The lowest BCUT2D eigenvalue weighted by Gasteiger charge is -2.10. The van der Waals surface area contributed by atoms with Crippen LogP contribution in [0.5, 0.6) is 5.75 Å². The van der Waals surface area contributed by atoms with Gasteiger partial charge in [-0.1, -0.05) is 23.7 Å². The minimum Gasteiger partial charge on any atom is -0.494 e. The number of sulfonamides is 1. The fraction of sp³-hybridized carbons (Fsp3) is 0.278. The highest BCUT2D eigenvalue weighted by atomic mass is 35.5. The van der Waals surface area contributed by atoms with Gasteiger partial charge >= 0.3 is 0 Å². The number of carbonyl (C=O) groups is 1. The Hall–Kier alpha value is -2.65. The maximum absolute atomic E-state index is 12.2. The number of benzene rings is 2. The second-order valence-electron chi connectivity index (χ2n) is 6.08. The molecule has 10 heteroatoms. The van der Waals surface area contributed by atoms with Crippen molar-refractivity contribution in [3.63, 3.8) is 0 Å². The molecular weight excluding hydrogens is 408 g/mol. The van der Waals surface area contributed by atoms with Crippen LogP contribution >= 0.6 is 11.6 Å². The summed E-state index contributed by atoms with van der Waals surface area (Å²) in [6.45, 7) is 3.89. The molecule has 2 aromatic rings. The molecule has 0 atom stereocenters. The van der Waals surface area contributed by atoms with Gasteiger partial charge in [0.05, 0.1) is 11.5 Å². The molecule has 0 saturated heterocycles. The molecule has 0 aliphatic rings. The van der Waals surface area contributed by atoms with E-state index in [2.05, 4.69) is 0 Å². The monoisotopic (exact) mass is 426 g/mol. The van der Waals surface area contributed by atoms with E-state index >= 15 is 0 Å². The van der Waals surface area contributed by atoms with E-state index in [0.717, 1.165) is 23.3 Å². The van der Waals surface area contributed by atoms with Crippen LogP contribution in [0.25, 0.3) is 0 Å². The molecule has 2 aromatic carbocycles. The minimum atomic E-state index is -4.34. The van der Waals surface area contributed by atoms with Gasteiger partial charge in [0.1, 0.15) is 5.75 Å². The molecule has 2 rings (SSSR count). The van der Waals surface area contributed by atoms with Crippen molar-refractivity contribution < 1.29 is 22.9 Å². The van der Waals surface area contributed by atoms with Gasteiger partial charge in [-0.25, -0.2) is 13.1 Å². The fourth-order valence-electron chi connectivity index (χ4n) is 2.50. The Balaban J connectivity index is 1.91. The zero-order valence-electron chi connectivity index (χ0n) is 15.3. The number of nitro groups is 1. The fourth-order valence-corrected chi connectivity index (χ4v) is 3.80. The molecule has 28 heavy (non-hydrogen) atoms. The van der Waals surface area contributed by atoms with Crippen LogP contribution in [-0.2, 0) is 14.8 Å². The number of rotatable bonds is 8. The Morgan fingerprint density at radius 3 is 2.43 bits per heavy atom. The Kier molecular flexibility index (Phi) is 6.98. The van der Waals surface area contributed by atoms with Gasteiger partial charge in [-0.2, -0.15) is 0 Å². The number of hydrogen-bond acceptors (Lipinski definition) is 6. The van der Waals surface area contributed by atoms with E-state index in [9.17, 15) is 23.3 Å². The molecule has 0 heterocycles. The first-order valence-electron chi connectivity index (χ1n) is 8.30. The Labute approximate surface area is 167 Å². The number of nitro benzene ring substituents is 1. The number of hydrogen-bond donors (Lipinski definition) is 1. The zero-order chi connectivity index (χ0) is 20.9. The summed E-state index contributed by atoms with van der Waals surface area (Å²) in [5.41, 5.74) is 1.13. The molecule has 150 valence electrons. The Morgan fingerprint density at radius 2 is 1.82 bits per heavy atom. The van der Waals surface area contributed by atoms with E-state index in [0.29, 0.717) is 10.8 Å². The van der Waals surface area contributed by atoms with Crippen molar-refractivity contribution in [2.75, 3.05) is 6.61 Å². The topological polar surface area (TPSA) is 116 Å². The Bertz CT molecular complexity index is 984. The summed E-state index contributed by atoms with van der Waals surface area (Å²) in [6.07, 6.45) is 0.143. The van der Waals surface area contributed by atoms with Gasteiger partial charge in [-0.05, 0) is 49.6 Å². The highest BCUT2D eigenvalue weighted by Gasteiger charge is 2.26. The van der Waals surface area contributed by atoms with E-state index in [1.54, 1.807) is 12.1 Å². The van der Waals surface area contributed by atoms with Crippen LogP contribution in [0.4, 0.5) is 5.69 Å². The number of carbonyl (C=O) groups excluding carboxylic acids is 1. The van der Waals surface area contributed by atoms with Gasteiger partial charge < -0.3 is 4.74 Å². The molecule has 0 aromatic heterocycles. The van der Waals surface area contributed by atoms with Crippen molar-refractivity contribution >= 4 is 33.2 Å². The van der Waals surface area contributed by atoms with E-state index in [1.165, 1.54) is 12.1 Å². The molecular formula is C18H19ClN2O6S. The number of para-hydroxylation sites is 1. The first-order chi connectivity index (χ1) is 13.1. The van der Waals surface area contributed by atoms with Crippen molar-refractivity contribution in [2.45, 2.75) is 31.6 Å².